The van der Waals surface area contributed by atoms with Crippen LogP contribution in [-0.4, -0.2) is 63.3 Å². The topological polar surface area (TPSA) is 24.9 Å². The molecule has 0 radical (unpaired) electrons. The summed E-state index contributed by atoms with van der Waals surface area (Å²) in [6.07, 6.45) is 0. The lowest BCUT2D eigenvalue weighted by molar-refractivity contribution is -0.157. The van der Waals surface area contributed by atoms with Crippen LogP contribution in [0.5, 0.6) is 0 Å². The van der Waals surface area contributed by atoms with Crippen molar-refractivity contribution < 1.29 is 9.47 Å². The molecule has 0 N–H and O–H groups in total. The number of benzene rings is 2. The Morgan fingerprint density at radius 2 is 1.20 bits per heavy atom. The zero-order valence-electron chi connectivity index (χ0n) is 18.7. The highest BCUT2D eigenvalue weighted by Gasteiger charge is 2.68. The second kappa shape index (κ2) is 7.45. The van der Waals surface area contributed by atoms with Gasteiger partial charge < -0.3 is 19.3 Å². The Hall–Kier alpha value is -1.72. The molecule has 2 aromatic carbocycles. The van der Waals surface area contributed by atoms with Crippen molar-refractivity contribution in [3.63, 3.8) is 0 Å². The van der Waals surface area contributed by atoms with Crippen LogP contribution in [-0.2, 0) is 20.7 Å². The van der Waals surface area contributed by atoms with E-state index in [1.54, 1.807) is 0 Å². The molecule has 4 aliphatic rings. The first-order chi connectivity index (χ1) is 14.6. The summed E-state index contributed by atoms with van der Waals surface area (Å²) < 4.78 is 13.7. The minimum Gasteiger partial charge on any atom is -0.365 e. The van der Waals surface area contributed by atoms with Crippen LogP contribution in [0.4, 0.5) is 0 Å². The van der Waals surface area contributed by atoms with Crippen molar-refractivity contribution in [2.75, 3.05) is 53.5 Å². The van der Waals surface area contributed by atoms with E-state index in [0.29, 0.717) is 25.0 Å². The van der Waals surface area contributed by atoms with E-state index in [4.69, 9.17) is 9.47 Å². The largest absolute Gasteiger partial charge is 0.365 e. The van der Waals surface area contributed by atoms with E-state index < -0.39 is 11.2 Å². The van der Waals surface area contributed by atoms with Gasteiger partial charge >= 0.3 is 0 Å². The lowest BCUT2D eigenvalue weighted by atomic mass is 9.50. The summed E-state index contributed by atoms with van der Waals surface area (Å²) in [5.41, 5.74) is 4.48. The molecule has 1 heterocycles. The fourth-order valence-electron chi connectivity index (χ4n) is 6.56. The third kappa shape index (κ3) is 2.54. The lowest BCUT2D eigenvalue weighted by Crippen LogP contribution is -2.62. The number of ether oxygens (including phenoxy) is 2. The van der Waals surface area contributed by atoms with Gasteiger partial charge in [0, 0.05) is 51.2 Å². The Morgan fingerprint density at radius 3 is 1.53 bits per heavy atom. The zero-order chi connectivity index (χ0) is 20.9. The first-order valence-corrected chi connectivity index (χ1v) is 11.4. The molecule has 6 rings (SSSR count). The molecule has 0 saturated carbocycles. The number of hydrogen-bond acceptors (Lipinski definition) is 4. The van der Waals surface area contributed by atoms with E-state index in [9.17, 15) is 0 Å². The molecule has 2 aromatic rings. The molecule has 0 spiro atoms. The van der Waals surface area contributed by atoms with E-state index in [0.717, 1.165) is 26.2 Å². The molecule has 4 heteroatoms. The summed E-state index contributed by atoms with van der Waals surface area (Å²) in [5, 5.41) is 0. The summed E-state index contributed by atoms with van der Waals surface area (Å²) in [6, 6.07) is 17.8. The molecule has 3 aliphatic carbocycles. The highest BCUT2D eigenvalue weighted by molar-refractivity contribution is 5.62. The monoisotopic (exact) mass is 406 g/mol. The van der Waals surface area contributed by atoms with Gasteiger partial charge in [-0.05, 0) is 50.2 Å². The minimum absolute atomic E-state index is 0.385. The highest BCUT2D eigenvalue weighted by Crippen LogP contribution is 2.66. The Kier molecular flexibility index (Phi) is 5.02. The van der Waals surface area contributed by atoms with E-state index in [1.165, 1.54) is 22.3 Å². The van der Waals surface area contributed by atoms with Gasteiger partial charge in [0.15, 0.2) is 0 Å². The fourth-order valence-corrected chi connectivity index (χ4v) is 6.56. The molecule has 0 aromatic heterocycles. The summed E-state index contributed by atoms with van der Waals surface area (Å²) in [7, 11) is 4.31. The zero-order valence-corrected chi connectivity index (χ0v) is 18.7. The Balaban J connectivity index is 1.74. The molecule has 1 aliphatic heterocycles. The molecule has 30 heavy (non-hydrogen) atoms. The third-order valence-corrected chi connectivity index (χ3v) is 7.50. The van der Waals surface area contributed by atoms with Crippen LogP contribution in [0.3, 0.4) is 0 Å². The van der Waals surface area contributed by atoms with Crippen molar-refractivity contribution in [2.45, 2.75) is 25.0 Å². The molecule has 4 nitrogen and oxygen atoms in total. The first kappa shape index (κ1) is 20.2. The Bertz CT molecular complexity index is 809. The first-order valence-electron chi connectivity index (χ1n) is 11.4. The van der Waals surface area contributed by atoms with Gasteiger partial charge in [-0.15, -0.1) is 0 Å². The maximum atomic E-state index is 6.83. The molecule has 2 atom stereocenters. The van der Waals surface area contributed by atoms with Crippen LogP contribution in [0.1, 0.15) is 36.1 Å². The van der Waals surface area contributed by atoms with Gasteiger partial charge in [-0.3, -0.25) is 0 Å². The summed E-state index contributed by atoms with van der Waals surface area (Å²) >= 11 is 0. The summed E-state index contributed by atoms with van der Waals surface area (Å²) in [6.45, 7) is 9.92. The number of likely N-dealkylation sites (tertiary alicyclic amines) is 1. The fraction of sp³-hybridized carbons (Fsp3) is 0.538. The highest BCUT2D eigenvalue weighted by atomic mass is 16.5. The molecular formula is C26H34N2O2. The predicted molar refractivity (Wildman–Crippen MR) is 120 cm³/mol. The molecule has 0 amide bonds. The number of nitrogens with zero attached hydrogens (tertiary/aromatic N) is 2. The SMILES string of the molecule is CCOC12c3ccccc3C(OCC)(c3ccccc31)[C@H]1CN(CCN(C)C)C[C@H]12. The van der Waals surface area contributed by atoms with Gasteiger partial charge in [0.05, 0.1) is 0 Å². The van der Waals surface area contributed by atoms with Crippen molar-refractivity contribution in [3.05, 3.63) is 70.8 Å². The average Bonchev–Trinajstić information content (AvgIpc) is 3.20. The lowest BCUT2D eigenvalue weighted by Gasteiger charge is -2.60. The van der Waals surface area contributed by atoms with Crippen molar-refractivity contribution >= 4 is 0 Å². The van der Waals surface area contributed by atoms with Crippen molar-refractivity contribution in [2.24, 2.45) is 11.8 Å². The number of hydrogen-bond donors (Lipinski definition) is 0. The van der Waals surface area contributed by atoms with E-state index in [2.05, 4.69) is 86.3 Å². The Labute approximate surface area is 180 Å². The van der Waals surface area contributed by atoms with Gasteiger partial charge in [0.2, 0.25) is 0 Å². The second-order valence-electron chi connectivity index (χ2n) is 9.20. The summed E-state index contributed by atoms with van der Waals surface area (Å²) in [4.78, 5) is 4.91. The maximum absolute atomic E-state index is 6.83. The van der Waals surface area contributed by atoms with Gasteiger partial charge in [-0.1, -0.05) is 48.5 Å². The molecule has 1 saturated heterocycles. The standard InChI is InChI=1S/C26H34N2O2/c1-5-29-25-19-11-7-9-13-21(19)26(30-6-2,22-14-10-8-12-20(22)25)24-18-28(17-23(24)25)16-15-27(3)4/h7-14,23-24H,5-6,15-18H2,1-4H3/t23-,24+,25?,26?. The van der Waals surface area contributed by atoms with E-state index in [-0.39, 0.29) is 0 Å². The van der Waals surface area contributed by atoms with Crippen molar-refractivity contribution in [3.8, 4) is 0 Å². The van der Waals surface area contributed by atoms with Crippen LogP contribution >= 0.6 is 0 Å². The van der Waals surface area contributed by atoms with Crippen LogP contribution in [0.25, 0.3) is 0 Å². The van der Waals surface area contributed by atoms with Gasteiger partial charge in [-0.2, -0.15) is 0 Å². The number of likely N-dealkylation sites (N-methyl/N-ethyl adjacent to an activating group) is 1. The maximum Gasteiger partial charge on any atom is 0.123 e. The molecule has 0 unspecified atom stereocenters. The summed E-state index contributed by atoms with van der Waals surface area (Å²) in [5.74, 6) is 0.770. The quantitative estimate of drug-likeness (QED) is 0.700. The smallest absolute Gasteiger partial charge is 0.123 e. The molecule has 2 bridgehead atoms. The average molecular weight is 407 g/mol. The van der Waals surface area contributed by atoms with Crippen LogP contribution < -0.4 is 0 Å². The molecule has 160 valence electrons. The van der Waals surface area contributed by atoms with Crippen molar-refractivity contribution in [1.29, 1.82) is 0 Å². The predicted octanol–water partition coefficient (Wildman–Crippen LogP) is 3.68. The third-order valence-electron chi connectivity index (χ3n) is 7.50. The molecular weight excluding hydrogens is 372 g/mol. The number of rotatable bonds is 7. The van der Waals surface area contributed by atoms with E-state index in [1.807, 2.05) is 0 Å². The van der Waals surface area contributed by atoms with Crippen LogP contribution in [0.15, 0.2) is 48.5 Å². The normalized spacial score (nSPS) is 31.6. The van der Waals surface area contributed by atoms with Gasteiger partial charge in [0.1, 0.15) is 11.2 Å². The molecule has 1 fully saturated rings. The Morgan fingerprint density at radius 1 is 0.800 bits per heavy atom. The van der Waals surface area contributed by atoms with Crippen LogP contribution in [0.2, 0.25) is 0 Å². The minimum atomic E-state index is -0.391. The van der Waals surface area contributed by atoms with Gasteiger partial charge in [-0.25, -0.2) is 0 Å². The van der Waals surface area contributed by atoms with Crippen molar-refractivity contribution in [1.82, 2.24) is 9.80 Å². The van der Waals surface area contributed by atoms with Gasteiger partial charge in [0.25, 0.3) is 0 Å². The second-order valence-corrected chi connectivity index (χ2v) is 9.20. The van der Waals surface area contributed by atoms with E-state index >= 15 is 0 Å². The van der Waals surface area contributed by atoms with Crippen LogP contribution in [0, 0.1) is 11.8 Å².